The Morgan fingerprint density at radius 1 is 1.12 bits per heavy atom. The smallest absolute Gasteiger partial charge is 0.142 e. The average Bonchev–Trinajstić information content (AvgIpc) is 2.54. The molecule has 3 nitrogen and oxygen atoms in total. The van der Waals surface area contributed by atoms with E-state index in [1.54, 1.807) is 12.1 Å². The molecule has 0 radical (unpaired) electrons. The summed E-state index contributed by atoms with van der Waals surface area (Å²) in [5.74, 6) is -0.463. The van der Waals surface area contributed by atoms with Crippen LogP contribution in [0.3, 0.4) is 0 Å². The minimum Gasteiger partial charge on any atom is -0.383 e. The number of nitriles is 1. The molecule has 0 saturated carbocycles. The molecule has 0 atom stereocenters. The highest BCUT2D eigenvalue weighted by atomic mass is 35.5. The van der Waals surface area contributed by atoms with Crippen LogP contribution < -0.4 is 5.73 Å². The van der Waals surface area contributed by atoms with Crippen LogP contribution in [-0.2, 0) is 0 Å². The Morgan fingerprint density at radius 2 is 1.88 bits per heavy atom. The summed E-state index contributed by atoms with van der Waals surface area (Å²) >= 11 is 6.19. The fraction of sp³-hybridized carbons (Fsp3) is 0.100. The highest BCUT2D eigenvalue weighted by molar-refractivity contribution is 6.33. The molecule has 2 aromatic carbocycles. The molecule has 0 aliphatic carbocycles. The number of pyridine rings is 1. The van der Waals surface area contributed by atoms with Gasteiger partial charge in [0.25, 0.3) is 0 Å². The number of benzene rings is 2. The van der Waals surface area contributed by atoms with Crippen LogP contribution in [0.2, 0.25) is 5.02 Å². The van der Waals surface area contributed by atoms with Gasteiger partial charge in [-0.3, -0.25) is 0 Å². The molecule has 5 heteroatoms. The van der Waals surface area contributed by atoms with E-state index < -0.39 is 5.82 Å². The van der Waals surface area contributed by atoms with Crippen molar-refractivity contribution in [2.45, 2.75) is 13.8 Å². The molecule has 0 spiro atoms. The maximum Gasteiger partial charge on any atom is 0.142 e. The van der Waals surface area contributed by atoms with Crippen molar-refractivity contribution in [3.63, 3.8) is 0 Å². The van der Waals surface area contributed by atoms with Crippen LogP contribution in [0.5, 0.6) is 0 Å². The highest BCUT2D eigenvalue weighted by Crippen LogP contribution is 2.37. The number of nitrogens with zero attached hydrogens (tertiary/aromatic N) is 2. The van der Waals surface area contributed by atoms with E-state index in [2.05, 4.69) is 4.98 Å². The van der Waals surface area contributed by atoms with E-state index in [9.17, 15) is 9.65 Å². The molecule has 1 heterocycles. The number of aromatic nitrogens is 1. The number of hydrogen-bond acceptors (Lipinski definition) is 3. The molecule has 124 valence electrons. The lowest BCUT2D eigenvalue weighted by molar-refractivity contribution is 0.631. The van der Waals surface area contributed by atoms with E-state index >= 15 is 0 Å². The number of aryl methyl sites for hydroxylation is 2. The van der Waals surface area contributed by atoms with Crippen LogP contribution in [0.1, 0.15) is 16.7 Å². The van der Waals surface area contributed by atoms with Gasteiger partial charge in [-0.15, -0.1) is 0 Å². The van der Waals surface area contributed by atoms with Crippen molar-refractivity contribution in [2.24, 2.45) is 0 Å². The molecule has 3 rings (SSSR count). The minimum absolute atomic E-state index is 0.0503. The number of hydrogen-bond donors (Lipinski definition) is 1. The summed E-state index contributed by atoms with van der Waals surface area (Å²) in [5, 5.41) is 9.68. The molecule has 0 saturated heterocycles. The third kappa shape index (κ3) is 3.07. The maximum absolute atomic E-state index is 14.4. The topological polar surface area (TPSA) is 62.7 Å². The second kappa shape index (κ2) is 6.54. The number of nitrogens with two attached hydrogens (primary N) is 1. The molecule has 25 heavy (non-hydrogen) atoms. The lowest BCUT2D eigenvalue weighted by atomic mass is 9.96. The Kier molecular flexibility index (Phi) is 4.43. The lowest BCUT2D eigenvalue weighted by Crippen LogP contribution is -2.01. The summed E-state index contributed by atoms with van der Waals surface area (Å²) in [6.45, 7) is 3.97. The average molecular weight is 352 g/mol. The van der Waals surface area contributed by atoms with E-state index in [1.807, 2.05) is 38.1 Å². The van der Waals surface area contributed by atoms with E-state index in [-0.39, 0.29) is 22.0 Å². The lowest BCUT2D eigenvalue weighted by Gasteiger charge is -2.13. The normalized spacial score (nSPS) is 10.5. The van der Waals surface area contributed by atoms with Crippen molar-refractivity contribution < 1.29 is 4.39 Å². The Balaban J connectivity index is 2.33. The molecule has 3 aromatic rings. The predicted octanol–water partition coefficient (Wildman–Crippen LogP) is 5.28. The van der Waals surface area contributed by atoms with Crippen LogP contribution in [0.4, 0.5) is 10.2 Å². The van der Waals surface area contributed by atoms with Gasteiger partial charge in [0, 0.05) is 16.7 Å². The van der Waals surface area contributed by atoms with Crippen LogP contribution in [0.15, 0.2) is 42.5 Å². The second-order valence-electron chi connectivity index (χ2n) is 5.84. The zero-order valence-corrected chi connectivity index (χ0v) is 14.5. The zero-order chi connectivity index (χ0) is 18.1. The van der Waals surface area contributed by atoms with Crippen molar-refractivity contribution in [1.82, 2.24) is 4.98 Å². The van der Waals surface area contributed by atoms with Gasteiger partial charge < -0.3 is 5.73 Å². The van der Waals surface area contributed by atoms with E-state index in [4.69, 9.17) is 17.3 Å². The van der Waals surface area contributed by atoms with Crippen molar-refractivity contribution in [1.29, 1.82) is 5.26 Å². The first kappa shape index (κ1) is 16.9. The van der Waals surface area contributed by atoms with Gasteiger partial charge in [-0.2, -0.15) is 5.26 Å². The molecule has 0 unspecified atom stereocenters. The summed E-state index contributed by atoms with van der Waals surface area (Å²) in [6, 6.07) is 14.0. The SMILES string of the molecule is Cc1ccc(-c2cc(-c3c(F)cccc3Cl)c(C#N)c(N)n2)c(C)c1. The summed E-state index contributed by atoms with van der Waals surface area (Å²) in [5.41, 5.74) is 10.2. The van der Waals surface area contributed by atoms with E-state index in [1.165, 1.54) is 12.1 Å². The van der Waals surface area contributed by atoms with Gasteiger partial charge in [-0.25, -0.2) is 9.37 Å². The number of nitrogen functional groups attached to an aromatic ring is 1. The monoisotopic (exact) mass is 351 g/mol. The largest absolute Gasteiger partial charge is 0.383 e. The minimum atomic E-state index is -0.513. The molecular weight excluding hydrogens is 337 g/mol. The summed E-state index contributed by atoms with van der Waals surface area (Å²) in [7, 11) is 0. The highest BCUT2D eigenvalue weighted by Gasteiger charge is 2.19. The predicted molar refractivity (Wildman–Crippen MR) is 98.7 cm³/mol. The quantitative estimate of drug-likeness (QED) is 0.683. The van der Waals surface area contributed by atoms with Gasteiger partial charge in [-0.05, 0) is 37.6 Å². The second-order valence-corrected chi connectivity index (χ2v) is 6.25. The molecular formula is C20H15ClFN3. The molecule has 0 aliphatic rings. The third-order valence-corrected chi connectivity index (χ3v) is 4.36. The number of rotatable bonds is 2. The van der Waals surface area contributed by atoms with Gasteiger partial charge in [-0.1, -0.05) is 41.4 Å². The Hall–Kier alpha value is -2.90. The van der Waals surface area contributed by atoms with Gasteiger partial charge >= 0.3 is 0 Å². The maximum atomic E-state index is 14.4. The van der Waals surface area contributed by atoms with Crippen LogP contribution in [0.25, 0.3) is 22.4 Å². The Bertz CT molecular complexity index is 1000. The molecule has 1 aromatic heterocycles. The first-order valence-corrected chi connectivity index (χ1v) is 8.02. The van der Waals surface area contributed by atoms with Crippen molar-refractivity contribution in [3.05, 3.63) is 70.0 Å². The number of halogens is 2. The van der Waals surface area contributed by atoms with Crippen LogP contribution in [0, 0.1) is 31.0 Å². The summed E-state index contributed by atoms with van der Waals surface area (Å²) in [4.78, 5) is 4.34. The molecule has 0 aliphatic heterocycles. The Labute approximate surface area is 150 Å². The Morgan fingerprint density at radius 3 is 2.52 bits per heavy atom. The van der Waals surface area contributed by atoms with E-state index in [0.717, 1.165) is 16.7 Å². The fourth-order valence-corrected chi connectivity index (χ4v) is 3.14. The molecule has 2 N–H and O–H groups in total. The number of anilines is 1. The van der Waals surface area contributed by atoms with Gasteiger partial charge in [0.05, 0.1) is 10.7 Å². The van der Waals surface area contributed by atoms with Crippen molar-refractivity contribution >= 4 is 17.4 Å². The molecule has 0 fully saturated rings. The van der Waals surface area contributed by atoms with E-state index in [0.29, 0.717) is 11.3 Å². The van der Waals surface area contributed by atoms with Gasteiger partial charge in [0.1, 0.15) is 23.3 Å². The van der Waals surface area contributed by atoms with Crippen molar-refractivity contribution in [3.8, 4) is 28.5 Å². The molecule has 0 bridgehead atoms. The fourth-order valence-electron chi connectivity index (χ4n) is 2.87. The molecule has 0 amide bonds. The third-order valence-electron chi connectivity index (χ3n) is 4.05. The summed E-state index contributed by atoms with van der Waals surface area (Å²) < 4.78 is 14.4. The van der Waals surface area contributed by atoms with Crippen molar-refractivity contribution in [2.75, 3.05) is 5.73 Å². The first-order valence-electron chi connectivity index (χ1n) is 7.65. The standard InChI is InChI=1S/C20H15ClFN3/c1-11-6-7-13(12(2)8-11)18-9-14(15(10-23)20(24)25-18)19-16(21)4-3-5-17(19)22/h3-9H,1-2H3,(H2,24,25). The van der Waals surface area contributed by atoms with Crippen LogP contribution in [-0.4, -0.2) is 4.98 Å². The van der Waals surface area contributed by atoms with Gasteiger partial charge in [0.2, 0.25) is 0 Å². The zero-order valence-electron chi connectivity index (χ0n) is 13.8. The van der Waals surface area contributed by atoms with Gasteiger partial charge in [0.15, 0.2) is 0 Å². The first-order chi connectivity index (χ1) is 11.9. The summed E-state index contributed by atoms with van der Waals surface area (Å²) in [6.07, 6.45) is 0. The van der Waals surface area contributed by atoms with Crippen LogP contribution >= 0.6 is 11.6 Å².